The summed E-state index contributed by atoms with van der Waals surface area (Å²) in [6, 6.07) is 8.61. The molecule has 2 N–H and O–H groups in total. The van der Waals surface area contributed by atoms with E-state index in [1.807, 2.05) is 0 Å². The molecule has 1 nitrogen and oxygen atoms in total. The van der Waals surface area contributed by atoms with Gasteiger partial charge in [0, 0.05) is 5.69 Å². The lowest BCUT2D eigenvalue weighted by Gasteiger charge is -2.45. The molecule has 2 aliphatic carbocycles. The molecule has 1 aromatic carbocycles. The van der Waals surface area contributed by atoms with Gasteiger partial charge < -0.3 is 5.73 Å². The standard InChI is InChI=1S/C19H29N/c1-2-15-7-11-19(12-8-15)13-9-17(10-14-19)16-3-5-18(20)6-4-16/h3-6,15,17H,2,7-14,20H2,1H3. The molecule has 0 amide bonds. The fraction of sp³-hybridized carbons (Fsp3) is 0.684. The lowest BCUT2D eigenvalue weighted by molar-refractivity contribution is 0.0882. The van der Waals surface area contributed by atoms with Gasteiger partial charge >= 0.3 is 0 Å². The minimum absolute atomic E-state index is 0.718. The Morgan fingerprint density at radius 1 is 0.950 bits per heavy atom. The first-order valence-electron chi connectivity index (χ1n) is 8.56. The number of rotatable bonds is 2. The van der Waals surface area contributed by atoms with Gasteiger partial charge in [-0.2, -0.15) is 0 Å². The van der Waals surface area contributed by atoms with E-state index >= 15 is 0 Å². The number of nitrogen functional groups attached to an aromatic ring is 1. The summed E-state index contributed by atoms with van der Waals surface area (Å²) in [4.78, 5) is 0. The first-order valence-corrected chi connectivity index (χ1v) is 8.56. The highest BCUT2D eigenvalue weighted by Gasteiger charge is 2.38. The zero-order chi connectivity index (χ0) is 14.0. The zero-order valence-electron chi connectivity index (χ0n) is 12.9. The first-order chi connectivity index (χ1) is 9.71. The molecule has 110 valence electrons. The van der Waals surface area contributed by atoms with Crippen LogP contribution in [0.15, 0.2) is 24.3 Å². The topological polar surface area (TPSA) is 26.0 Å². The Balaban J connectivity index is 1.58. The molecule has 1 heteroatoms. The Morgan fingerprint density at radius 3 is 2.05 bits per heavy atom. The summed E-state index contributed by atoms with van der Waals surface area (Å²) < 4.78 is 0. The largest absolute Gasteiger partial charge is 0.399 e. The number of benzene rings is 1. The second kappa shape index (κ2) is 5.79. The molecule has 0 bridgehead atoms. The molecule has 1 aromatic rings. The predicted octanol–water partition coefficient (Wildman–Crippen LogP) is 5.51. The van der Waals surface area contributed by atoms with Gasteiger partial charge in [-0.1, -0.05) is 25.5 Å². The van der Waals surface area contributed by atoms with Crippen LogP contribution in [-0.4, -0.2) is 0 Å². The van der Waals surface area contributed by atoms with Crippen molar-refractivity contribution in [1.29, 1.82) is 0 Å². The van der Waals surface area contributed by atoms with Crippen molar-refractivity contribution in [2.75, 3.05) is 5.73 Å². The molecule has 20 heavy (non-hydrogen) atoms. The molecule has 1 spiro atoms. The van der Waals surface area contributed by atoms with E-state index < -0.39 is 0 Å². The maximum absolute atomic E-state index is 5.79. The lowest BCUT2D eigenvalue weighted by atomic mass is 9.60. The average molecular weight is 271 g/mol. The van der Waals surface area contributed by atoms with Crippen LogP contribution in [0.3, 0.4) is 0 Å². The normalized spacial score (nSPS) is 34.2. The molecule has 0 saturated heterocycles. The highest BCUT2D eigenvalue weighted by atomic mass is 14.5. The molecule has 3 rings (SSSR count). The summed E-state index contributed by atoms with van der Waals surface area (Å²) in [6.07, 6.45) is 13.1. The Hall–Kier alpha value is -0.980. The van der Waals surface area contributed by atoms with Crippen LogP contribution in [0.1, 0.15) is 76.2 Å². The van der Waals surface area contributed by atoms with E-state index in [-0.39, 0.29) is 0 Å². The van der Waals surface area contributed by atoms with E-state index in [2.05, 4.69) is 31.2 Å². The van der Waals surface area contributed by atoms with Gasteiger partial charge in [0.25, 0.3) is 0 Å². The Morgan fingerprint density at radius 2 is 1.50 bits per heavy atom. The van der Waals surface area contributed by atoms with Gasteiger partial charge in [0.1, 0.15) is 0 Å². The maximum Gasteiger partial charge on any atom is 0.0314 e. The van der Waals surface area contributed by atoms with Crippen LogP contribution in [0.25, 0.3) is 0 Å². The second-order valence-electron chi connectivity index (χ2n) is 7.29. The van der Waals surface area contributed by atoms with Gasteiger partial charge in [-0.25, -0.2) is 0 Å². The predicted molar refractivity (Wildman–Crippen MR) is 86.7 cm³/mol. The van der Waals surface area contributed by atoms with Gasteiger partial charge in [-0.05, 0) is 86.3 Å². The van der Waals surface area contributed by atoms with Crippen LogP contribution in [0.2, 0.25) is 0 Å². The Labute approximate surface area is 124 Å². The minimum Gasteiger partial charge on any atom is -0.399 e. The van der Waals surface area contributed by atoms with Gasteiger partial charge in [0.2, 0.25) is 0 Å². The third-order valence-corrected chi connectivity index (χ3v) is 6.20. The van der Waals surface area contributed by atoms with Crippen molar-refractivity contribution in [3.8, 4) is 0 Å². The third kappa shape index (κ3) is 2.87. The molecule has 0 heterocycles. The zero-order valence-corrected chi connectivity index (χ0v) is 12.9. The number of hydrogen-bond acceptors (Lipinski definition) is 1. The molecule has 2 aliphatic rings. The Bertz CT molecular complexity index is 416. The summed E-state index contributed by atoms with van der Waals surface area (Å²) in [5, 5.41) is 0. The highest BCUT2D eigenvalue weighted by Crippen LogP contribution is 2.52. The molecule has 2 fully saturated rings. The molecular formula is C19H29N. The molecule has 2 saturated carbocycles. The summed E-state index contributed by atoms with van der Waals surface area (Å²) >= 11 is 0. The highest BCUT2D eigenvalue weighted by molar-refractivity contribution is 5.40. The van der Waals surface area contributed by atoms with Gasteiger partial charge in [-0.3, -0.25) is 0 Å². The summed E-state index contributed by atoms with van der Waals surface area (Å²) in [6.45, 7) is 2.36. The van der Waals surface area contributed by atoms with Crippen molar-refractivity contribution in [3.05, 3.63) is 29.8 Å². The fourth-order valence-electron chi connectivity index (χ4n) is 4.53. The second-order valence-corrected chi connectivity index (χ2v) is 7.29. The quantitative estimate of drug-likeness (QED) is 0.705. The smallest absolute Gasteiger partial charge is 0.0314 e. The van der Waals surface area contributed by atoms with E-state index in [4.69, 9.17) is 5.73 Å². The van der Waals surface area contributed by atoms with Crippen molar-refractivity contribution in [1.82, 2.24) is 0 Å². The first kappa shape index (κ1) is 14.0. The van der Waals surface area contributed by atoms with Crippen molar-refractivity contribution in [2.45, 2.75) is 70.6 Å². The van der Waals surface area contributed by atoms with Crippen LogP contribution in [0.5, 0.6) is 0 Å². The van der Waals surface area contributed by atoms with Gasteiger partial charge in [0.05, 0.1) is 0 Å². The summed E-state index contributed by atoms with van der Waals surface area (Å²) in [5.74, 6) is 1.81. The van der Waals surface area contributed by atoms with Crippen molar-refractivity contribution in [2.24, 2.45) is 11.3 Å². The van der Waals surface area contributed by atoms with E-state index in [1.54, 1.807) is 0 Å². The third-order valence-electron chi connectivity index (χ3n) is 6.20. The minimum atomic E-state index is 0.718. The molecule has 0 aromatic heterocycles. The number of nitrogens with two attached hydrogens (primary N) is 1. The molecule has 0 atom stereocenters. The van der Waals surface area contributed by atoms with E-state index in [0.29, 0.717) is 0 Å². The lowest BCUT2D eigenvalue weighted by Crippen LogP contribution is -2.31. The molecular weight excluding hydrogens is 242 g/mol. The van der Waals surface area contributed by atoms with E-state index in [1.165, 1.54) is 63.4 Å². The van der Waals surface area contributed by atoms with Crippen molar-refractivity contribution in [3.63, 3.8) is 0 Å². The Kier molecular flexibility index (Phi) is 4.05. The number of anilines is 1. The summed E-state index contributed by atoms with van der Waals surface area (Å²) in [7, 11) is 0. The van der Waals surface area contributed by atoms with Crippen molar-refractivity contribution < 1.29 is 0 Å². The van der Waals surface area contributed by atoms with E-state index in [9.17, 15) is 0 Å². The molecule has 0 aliphatic heterocycles. The average Bonchev–Trinajstić information content (AvgIpc) is 2.50. The molecule has 0 unspecified atom stereocenters. The van der Waals surface area contributed by atoms with Crippen LogP contribution in [-0.2, 0) is 0 Å². The molecule has 0 radical (unpaired) electrons. The van der Waals surface area contributed by atoms with Gasteiger partial charge in [0.15, 0.2) is 0 Å². The van der Waals surface area contributed by atoms with Crippen LogP contribution >= 0.6 is 0 Å². The monoisotopic (exact) mass is 271 g/mol. The van der Waals surface area contributed by atoms with Crippen molar-refractivity contribution >= 4 is 5.69 Å². The van der Waals surface area contributed by atoms with Crippen LogP contribution in [0, 0.1) is 11.3 Å². The van der Waals surface area contributed by atoms with E-state index in [0.717, 1.165) is 22.9 Å². The SMILES string of the molecule is CCC1CCC2(CC1)CCC(c1ccc(N)cc1)CC2. The number of hydrogen-bond donors (Lipinski definition) is 1. The fourth-order valence-corrected chi connectivity index (χ4v) is 4.53. The van der Waals surface area contributed by atoms with Crippen LogP contribution < -0.4 is 5.73 Å². The van der Waals surface area contributed by atoms with Crippen LogP contribution in [0.4, 0.5) is 5.69 Å². The maximum atomic E-state index is 5.79. The van der Waals surface area contributed by atoms with Gasteiger partial charge in [-0.15, -0.1) is 0 Å². The summed E-state index contributed by atoms with van der Waals surface area (Å²) in [5.41, 5.74) is 8.91.